The predicted molar refractivity (Wildman–Crippen MR) is 107 cm³/mol. The van der Waals surface area contributed by atoms with Crippen molar-refractivity contribution in [3.63, 3.8) is 0 Å². The van der Waals surface area contributed by atoms with Crippen molar-refractivity contribution in [3.05, 3.63) is 0 Å². The van der Waals surface area contributed by atoms with Crippen LogP contribution in [0.15, 0.2) is 0 Å². The van der Waals surface area contributed by atoms with Gasteiger partial charge >= 0.3 is 11.9 Å². The molecule has 4 heteroatoms. The molecular weight excluding hydrogens is 328 g/mol. The van der Waals surface area contributed by atoms with Gasteiger partial charge in [0.15, 0.2) is 0 Å². The van der Waals surface area contributed by atoms with Gasteiger partial charge < -0.3 is 9.47 Å². The van der Waals surface area contributed by atoms with E-state index in [0.29, 0.717) is 38.9 Å². The Labute approximate surface area is 161 Å². The van der Waals surface area contributed by atoms with Crippen molar-refractivity contribution in [2.45, 2.75) is 105 Å². The zero-order valence-corrected chi connectivity index (χ0v) is 17.7. The summed E-state index contributed by atoms with van der Waals surface area (Å²) in [7, 11) is 0. The van der Waals surface area contributed by atoms with Crippen LogP contribution in [0.3, 0.4) is 0 Å². The van der Waals surface area contributed by atoms with Crippen LogP contribution in [0.2, 0.25) is 0 Å². The molecule has 26 heavy (non-hydrogen) atoms. The third-order valence-corrected chi connectivity index (χ3v) is 5.36. The summed E-state index contributed by atoms with van der Waals surface area (Å²) >= 11 is 0. The first-order chi connectivity index (χ1) is 12.6. The van der Waals surface area contributed by atoms with Crippen LogP contribution in [0.1, 0.15) is 105 Å². The van der Waals surface area contributed by atoms with E-state index in [1.807, 2.05) is 0 Å². The molecular formula is C22H42O4. The highest BCUT2D eigenvalue weighted by Gasteiger charge is 2.08. The molecule has 0 aliphatic heterocycles. The summed E-state index contributed by atoms with van der Waals surface area (Å²) < 4.78 is 10.5. The highest BCUT2D eigenvalue weighted by molar-refractivity contribution is 5.70. The second-order valence-corrected chi connectivity index (χ2v) is 7.30. The number of hydrogen-bond acceptors (Lipinski definition) is 4. The van der Waals surface area contributed by atoms with Gasteiger partial charge in [-0.05, 0) is 50.4 Å². The minimum atomic E-state index is -0.145. The predicted octanol–water partition coefficient (Wildman–Crippen LogP) is 6.07. The molecule has 0 radical (unpaired) electrons. The molecule has 0 amide bonds. The first kappa shape index (κ1) is 24.9. The lowest BCUT2D eigenvalue weighted by atomic mass is 9.98. The fraction of sp³-hybridized carbons (Fsp3) is 0.909. The number of rotatable bonds is 17. The van der Waals surface area contributed by atoms with Gasteiger partial charge in [0.05, 0.1) is 13.2 Å². The number of carbonyl (C=O) groups excluding carboxylic acids is 2. The van der Waals surface area contributed by atoms with E-state index >= 15 is 0 Å². The molecule has 0 aromatic rings. The van der Waals surface area contributed by atoms with Crippen LogP contribution in [-0.2, 0) is 19.1 Å². The van der Waals surface area contributed by atoms with E-state index in [0.717, 1.165) is 37.5 Å². The van der Waals surface area contributed by atoms with Crippen LogP contribution in [0, 0.1) is 11.8 Å². The lowest BCUT2D eigenvalue weighted by Gasteiger charge is -2.12. The number of unbranched alkanes of at least 4 members (excludes halogenated alkanes) is 1. The summed E-state index contributed by atoms with van der Waals surface area (Å²) in [5.74, 6) is 1.20. The molecule has 0 bridgehead atoms. The fourth-order valence-corrected chi connectivity index (χ4v) is 3.19. The molecule has 0 heterocycles. The SMILES string of the molecule is CCC(CC)CCCOC(=O)CCCCC(=O)OCCCC(CC)CC. The average Bonchev–Trinajstić information content (AvgIpc) is 2.65. The van der Waals surface area contributed by atoms with Gasteiger partial charge in [-0.3, -0.25) is 9.59 Å². The van der Waals surface area contributed by atoms with E-state index in [2.05, 4.69) is 27.7 Å². The maximum atomic E-state index is 11.7. The maximum absolute atomic E-state index is 11.7. The molecule has 4 nitrogen and oxygen atoms in total. The third-order valence-electron chi connectivity index (χ3n) is 5.36. The molecule has 154 valence electrons. The lowest BCUT2D eigenvalue weighted by molar-refractivity contribution is -0.146. The van der Waals surface area contributed by atoms with Crippen molar-refractivity contribution in [1.82, 2.24) is 0 Å². The summed E-state index contributed by atoms with van der Waals surface area (Å²) in [6, 6.07) is 0. The number of hydrogen-bond donors (Lipinski definition) is 0. The van der Waals surface area contributed by atoms with E-state index in [1.54, 1.807) is 0 Å². The van der Waals surface area contributed by atoms with E-state index in [-0.39, 0.29) is 11.9 Å². The van der Waals surface area contributed by atoms with E-state index < -0.39 is 0 Å². The molecule has 0 aliphatic rings. The van der Waals surface area contributed by atoms with Gasteiger partial charge in [-0.1, -0.05) is 53.4 Å². The van der Waals surface area contributed by atoms with Crippen molar-refractivity contribution in [3.8, 4) is 0 Å². The second kappa shape index (κ2) is 17.4. The van der Waals surface area contributed by atoms with Crippen molar-refractivity contribution >= 4 is 11.9 Å². The molecule has 0 saturated heterocycles. The summed E-state index contributed by atoms with van der Waals surface area (Å²) in [5.41, 5.74) is 0. The standard InChI is InChI=1S/C22H42O4/c1-5-19(6-2)13-11-17-25-21(23)15-9-10-16-22(24)26-18-12-14-20(7-3)8-4/h19-20H,5-18H2,1-4H3. The van der Waals surface area contributed by atoms with Crippen LogP contribution in [0.4, 0.5) is 0 Å². The van der Waals surface area contributed by atoms with Gasteiger partial charge in [0.2, 0.25) is 0 Å². The van der Waals surface area contributed by atoms with Gasteiger partial charge in [0.1, 0.15) is 0 Å². The largest absolute Gasteiger partial charge is 0.466 e. The van der Waals surface area contributed by atoms with Crippen LogP contribution >= 0.6 is 0 Å². The summed E-state index contributed by atoms with van der Waals surface area (Å²) in [6.07, 6.45) is 11.1. The van der Waals surface area contributed by atoms with Gasteiger partial charge in [-0.25, -0.2) is 0 Å². The minimum Gasteiger partial charge on any atom is -0.466 e. The molecule has 0 saturated carbocycles. The summed E-state index contributed by atoms with van der Waals surface area (Å²) in [6.45, 7) is 9.87. The van der Waals surface area contributed by atoms with Crippen molar-refractivity contribution in [2.24, 2.45) is 11.8 Å². The maximum Gasteiger partial charge on any atom is 0.305 e. The number of ether oxygens (including phenoxy) is 2. The Balaban J connectivity index is 3.52. The van der Waals surface area contributed by atoms with Crippen LogP contribution in [-0.4, -0.2) is 25.2 Å². The topological polar surface area (TPSA) is 52.6 Å². The van der Waals surface area contributed by atoms with Crippen LogP contribution in [0.5, 0.6) is 0 Å². The van der Waals surface area contributed by atoms with Crippen molar-refractivity contribution in [1.29, 1.82) is 0 Å². The van der Waals surface area contributed by atoms with Gasteiger partial charge in [0.25, 0.3) is 0 Å². The first-order valence-corrected chi connectivity index (χ1v) is 10.9. The van der Waals surface area contributed by atoms with Crippen LogP contribution in [0.25, 0.3) is 0 Å². The van der Waals surface area contributed by atoms with Crippen LogP contribution < -0.4 is 0 Å². The second-order valence-electron chi connectivity index (χ2n) is 7.30. The Morgan fingerprint density at radius 2 is 0.962 bits per heavy atom. The Kier molecular flexibility index (Phi) is 16.7. The first-order valence-electron chi connectivity index (χ1n) is 10.9. The quantitative estimate of drug-likeness (QED) is 0.230. The number of carbonyl (C=O) groups is 2. The monoisotopic (exact) mass is 370 g/mol. The summed E-state index contributed by atoms with van der Waals surface area (Å²) in [5, 5.41) is 0. The highest BCUT2D eigenvalue weighted by atomic mass is 16.5. The van der Waals surface area contributed by atoms with E-state index in [9.17, 15) is 9.59 Å². The smallest absolute Gasteiger partial charge is 0.305 e. The molecule has 0 rings (SSSR count). The molecule has 0 unspecified atom stereocenters. The molecule has 0 aromatic heterocycles. The highest BCUT2D eigenvalue weighted by Crippen LogP contribution is 2.15. The molecule has 0 N–H and O–H groups in total. The van der Waals surface area contributed by atoms with Crippen molar-refractivity contribution in [2.75, 3.05) is 13.2 Å². The average molecular weight is 371 g/mol. The molecule has 0 aliphatic carbocycles. The number of esters is 2. The molecule has 0 fully saturated rings. The molecule has 0 atom stereocenters. The fourth-order valence-electron chi connectivity index (χ4n) is 3.19. The molecule has 0 spiro atoms. The normalized spacial score (nSPS) is 11.2. The Bertz CT molecular complexity index is 312. The van der Waals surface area contributed by atoms with Gasteiger partial charge in [-0.15, -0.1) is 0 Å². The Morgan fingerprint density at radius 3 is 1.27 bits per heavy atom. The molecule has 0 aromatic carbocycles. The van der Waals surface area contributed by atoms with Gasteiger partial charge in [-0.2, -0.15) is 0 Å². The third kappa shape index (κ3) is 14.1. The summed E-state index contributed by atoms with van der Waals surface area (Å²) in [4.78, 5) is 23.3. The zero-order chi connectivity index (χ0) is 19.6. The minimum absolute atomic E-state index is 0.145. The van der Waals surface area contributed by atoms with Gasteiger partial charge in [0, 0.05) is 12.8 Å². The van der Waals surface area contributed by atoms with E-state index in [1.165, 1.54) is 25.7 Å². The lowest BCUT2D eigenvalue weighted by Crippen LogP contribution is -2.09. The zero-order valence-electron chi connectivity index (χ0n) is 17.7. The Morgan fingerprint density at radius 1 is 0.615 bits per heavy atom. The Hall–Kier alpha value is -1.06. The van der Waals surface area contributed by atoms with Crippen molar-refractivity contribution < 1.29 is 19.1 Å². The van der Waals surface area contributed by atoms with E-state index in [4.69, 9.17) is 9.47 Å².